The van der Waals surface area contributed by atoms with Crippen LogP contribution in [0.2, 0.25) is 0 Å². The van der Waals surface area contributed by atoms with Crippen molar-refractivity contribution in [3.63, 3.8) is 0 Å². The first kappa shape index (κ1) is 20.3. The zero-order valence-corrected chi connectivity index (χ0v) is 16.5. The van der Waals surface area contributed by atoms with Gasteiger partial charge in [0, 0.05) is 18.6 Å². The highest BCUT2D eigenvalue weighted by Gasteiger charge is 2.17. The zero-order chi connectivity index (χ0) is 19.3. The first-order chi connectivity index (χ1) is 12.2. The summed E-state index contributed by atoms with van der Waals surface area (Å²) in [5.41, 5.74) is -0.161. The maximum atomic E-state index is 13.7. The molecule has 0 aliphatic heterocycles. The fourth-order valence-electron chi connectivity index (χ4n) is 1.95. The smallest absolute Gasteiger partial charge is 0.341 e. The Labute approximate surface area is 159 Å². The topological polar surface area (TPSA) is 72.9 Å². The summed E-state index contributed by atoms with van der Waals surface area (Å²) in [7, 11) is -0.605. The molecule has 0 heterocycles. The third-order valence-corrected chi connectivity index (χ3v) is 5.66. The highest BCUT2D eigenvalue weighted by molar-refractivity contribution is 9.10. The lowest BCUT2D eigenvalue weighted by molar-refractivity contribution is 0.0445. The third-order valence-electron chi connectivity index (χ3n) is 3.34. The maximum Gasteiger partial charge on any atom is 0.341 e. The molecule has 0 radical (unpaired) electrons. The summed E-state index contributed by atoms with van der Waals surface area (Å²) < 4.78 is 49.5. The number of esters is 1. The Hall–Kier alpha value is -1.97. The fraction of sp³-hybridized carbons (Fsp3) is 0.235. The van der Waals surface area contributed by atoms with Gasteiger partial charge in [-0.2, -0.15) is 0 Å². The quantitative estimate of drug-likeness (QED) is 0.483. The van der Waals surface area contributed by atoms with Gasteiger partial charge < -0.3 is 9.47 Å². The number of nitrogens with zero attached hydrogens (tertiary/aromatic N) is 1. The minimum atomic E-state index is -3.50. The summed E-state index contributed by atoms with van der Waals surface area (Å²) in [6.07, 6.45) is 0. The molecule has 6 nitrogen and oxygen atoms in total. The van der Waals surface area contributed by atoms with E-state index in [0.717, 1.165) is 4.31 Å². The average molecular weight is 446 g/mol. The van der Waals surface area contributed by atoms with E-state index in [2.05, 4.69) is 15.9 Å². The molecule has 2 aromatic carbocycles. The molecule has 140 valence electrons. The first-order valence-corrected chi connectivity index (χ1v) is 9.72. The van der Waals surface area contributed by atoms with Gasteiger partial charge in [-0.15, -0.1) is 0 Å². The van der Waals surface area contributed by atoms with Crippen molar-refractivity contribution in [2.24, 2.45) is 0 Å². The second-order valence-corrected chi connectivity index (χ2v) is 8.43. The molecule has 2 aromatic rings. The van der Waals surface area contributed by atoms with Crippen LogP contribution in [0, 0.1) is 5.82 Å². The number of carbonyl (C=O) groups is 1. The number of hydrogen-bond acceptors (Lipinski definition) is 5. The Bertz CT molecular complexity index is 885. The summed E-state index contributed by atoms with van der Waals surface area (Å²) in [6, 6.07) is 9.91. The molecule has 9 heteroatoms. The Kier molecular flexibility index (Phi) is 6.74. The van der Waals surface area contributed by atoms with E-state index in [0.29, 0.717) is 10.2 Å². The van der Waals surface area contributed by atoms with Crippen molar-refractivity contribution in [3.8, 4) is 5.75 Å². The molecule has 0 aliphatic carbocycles. The monoisotopic (exact) mass is 445 g/mol. The van der Waals surface area contributed by atoms with Crippen LogP contribution in [-0.2, 0) is 14.8 Å². The van der Waals surface area contributed by atoms with Gasteiger partial charge in [0.1, 0.15) is 24.8 Å². The number of carbonyl (C=O) groups excluding carboxylic acids is 1. The summed E-state index contributed by atoms with van der Waals surface area (Å²) >= 11 is 3.11. The molecule has 0 fully saturated rings. The standard InChI is InChI=1S/C17H17BrFNO5S/c1-20(2)26(22,23)14-6-4-13(5-7-14)24-9-10-25-17(21)15-8-3-12(18)11-16(15)19/h3-8,11H,9-10H2,1-2H3. The van der Waals surface area contributed by atoms with Gasteiger partial charge in [-0.05, 0) is 42.5 Å². The number of ether oxygens (including phenoxy) is 2. The second-order valence-electron chi connectivity index (χ2n) is 5.37. The number of halogens is 2. The lowest BCUT2D eigenvalue weighted by Gasteiger charge is -2.12. The van der Waals surface area contributed by atoms with Gasteiger partial charge in [-0.3, -0.25) is 0 Å². The van der Waals surface area contributed by atoms with Crippen molar-refractivity contribution in [2.75, 3.05) is 27.3 Å². The fourth-order valence-corrected chi connectivity index (χ4v) is 3.18. The number of sulfonamides is 1. The van der Waals surface area contributed by atoms with E-state index in [1.807, 2.05) is 0 Å². The van der Waals surface area contributed by atoms with Crippen molar-refractivity contribution in [3.05, 3.63) is 58.3 Å². The van der Waals surface area contributed by atoms with E-state index in [1.165, 1.54) is 50.5 Å². The molecule has 0 unspecified atom stereocenters. The molecule has 0 aromatic heterocycles. The predicted octanol–water partition coefficient (Wildman–Crippen LogP) is 3.07. The summed E-state index contributed by atoms with van der Waals surface area (Å²) in [5.74, 6) is -1.04. The van der Waals surface area contributed by atoms with Crippen LogP contribution in [0.15, 0.2) is 51.8 Å². The molecule has 0 amide bonds. The van der Waals surface area contributed by atoms with Crippen molar-refractivity contribution in [2.45, 2.75) is 4.90 Å². The molecule has 0 aliphatic rings. The largest absolute Gasteiger partial charge is 0.490 e. The molecule has 0 bridgehead atoms. The van der Waals surface area contributed by atoms with Crippen LogP contribution in [0.4, 0.5) is 4.39 Å². The van der Waals surface area contributed by atoms with Crippen LogP contribution in [0.1, 0.15) is 10.4 Å². The Morgan fingerprint density at radius 1 is 1.12 bits per heavy atom. The predicted molar refractivity (Wildman–Crippen MR) is 97.2 cm³/mol. The van der Waals surface area contributed by atoms with Crippen molar-refractivity contribution in [1.82, 2.24) is 4.31 Å². The van der Waals surface area contributed by atoms with Crippen molar-refractivity contribution >= 4 is 31.9 Å². The minimum absolute atomic E-state index is 0.0453. The summed E-state index contributed by atoms with van der Waals surface area (Å²) in [6.45, 7) is -0.0320. The maximum absolute atomic E-state index is 13.7. The number of benzene rings is 2. The van der Waals surface area contributed by atoms with Gasteiger partial charge in [0.25, 0.3) is 0 Å². The number of rotatable bonds is 7. The number of hydrogen-bond donors (Lipinski definition) is 0. The van der Waals surface area contributed by atoms with Crippen LogP contribution < -0.4 is 4.74 Å². The Morgan fingerprint density at radius 2 is 1.77 bits per heavy atom. The molecule has 0 spiro atoms. The van der Waals surface area contributed by atoms with E-state index in [1.54, 1.807) is 6.07 Å². The molecular formula is C17H17BrFNO5S. The molecular weight excluding hydrogens is 429 g/mol. The zero-order valence-electron chi connectivity index (χ0n) is 14.1. The van der Waals surface area contributed by atoms with Gasteiger partial charge in [-0.25, -0.2) is 21.9 Å². The van der Waals surface area contributed by atoms with Gasteiger partial charge in [0.05, 0.1) is 10.5 Å². The van der Waals surface area contributed by atoms with Crippen LogP contribution in [0.25, 0.3) is 0 Å². The van der Waals surface area contributed by atoms with E-state index >= 15 is 0 Å². The van der Waals surface area contributed by atoms with Gasteiger partial charge in [-0.1, -0.05) is 15.9 Å². The highest BCUT2D eigenvalue weighted by Crippen LogP contribution is 2.18. The van der Waals surface area contributed by atoms with Crippen molar-refractivity contribution < 1.29 is 27.1 Å². The summed E-state index contributed by atoms with van der Waals surface area (Å²) in [4.78, 5) is 11.9. The molecule has 0 N–H and O–H groups in total. The average Bonchev–Trinajstić information content (AvgIpc) is 2.58. The lowest BCUT2D eigenvalue weighted by Crippen LogP contribution is -2.22. The molecule has 0 saturated heterocycles. The molecule has 0 atom stereocenters. The SMILES string of the molecule is CN(C)S(=O)(=O)c1ccc(OCCOC(=O)c2ccc(Br)cc2F)cc1. The van der Waals surface area contributed by atoms with E-state index in [4.69, 9.17) is 9.47 Å². The van der Waals surface area contributed by atoms with E-state index in [-0.39, 0.29) is 23.7 Å². The molecule has 2 rings (SSSR count). The van der Waals surface area contributed by atoms with Gasteiger partial charge in [0.15, 0.2) is 0 Å². The molecule has 0 saturated carbocycles. The van der Waals surface area contributed by atoms with Crippen LogP contribution in [0.3, 0.4) is 0 Å². The van der Waals surface area contributed by atoms with Crippen LogP contribution >= 0.6 is 15.9 Å². The van der Waals surface area contributed by atoms with Crippen LogP contribution in [-0.4, -0.2) is 46.0 Å². The lowest BCUT2D eigenvalue weighted by atomic mass is 10.2. The van der Waals surface area contributed by atoms with E-state index in [9.17, 15) is 17.6 Å². The molecule has 26 heavy (non-hydrogen) atoms. The second kappa shape index (κ2) is 8.61. The van der Waals surface area contributed by atoms with Gasteiger partial charge in [0.2, 0.25) is 10.0 Å². The Morgan fingerprint density at radius 3 is 2.35 bits per heavy atom. The van der Waals surface area contributed by atoms with Crippen molar-refractivity contribution in [1.29, 1.82) is 0 Å². The normalized spacial score (nSPS) is 11.4. The Balaban J connectivity index is 1.85. The highest BCUT2D eigenvalue weighted by atomic mass is 79.9. The summed E-state index contributed by atoms with van der Waals surface area (Å²) in [5, 5.41) is 0. The van der Waals surface area contributed by atoms with Gasteiger partial charge >= 0.3 is 5.97 Å². The first-order valence-electron chi connectivity index (χ1n) is 7.49. The van der Waals surface area contributed by atoms with Crippen LogP contribution in [0.5, 0.6) is 5.75 Å². The third kappa shape index (κ3) is 5.03. The minimum Gasteiger partial charge on any atom is -0.490 e. The van der Waals surface area contributed by atoms with E-state index < -0.39 is 21.8 Å².